The van der Waals surface area contributed by atoms with Crippen molar-refractivity contribution >= 4 is 23.6 Å². The van der Waals surface area contributed by atoms with Gasteiger partial charge in [0, 0.05) is 5.75 Å². The molecule has 1 aromatic heterocycles. The zero-order valence-corrected chi connectivity index (χ0v) is 9.77. The molecule has 0 spiro atoms. The molecule has 0 saturated carbocycles. The highest BCUT2D eigenvalue weighted by Crippen LogP contribution is 2.23. The number of hydrogen-bond donors (Lipinski definition) is 2. The number of carboxylic acid groups (broad SMARTS) is 1. The van der Waals surface area contributed by atoms with E-state index in [2.05, 4.69) is 0 Å². The van der Waals surface area contributed by atoms with Crippen molar-refractivity contribution in [2.75, 3.05) is 11.6 Å². The van der Waals surface area contributed by atoms with E-state index < -0.39 is 17.9 Å². The molecule has 1 fully saturated rings. The van der Waals surface area contributed by atoms with Gasteiger partial charge < -0.3 is 20.2 Å². The van der Waals surface area contributed by atoms with Crippen LogP contribution in [0.5, 0.6) is 0 Å². The lowest BCUT2D eigenvalue weighted by molar-refractivity contribution is -0.140. The quantitative estimate of drug-likeness (QED) is 0.809. The summed E-state index contributed by atoms with van der Waals surface area (Å²) in [6.07, 6.45) is 0. The van der Waals surface area contributed by atoms with E-state index >= 15 is 0 Å². The Balaban J connectivity index is 2.16. The summed E-state index contributed by atoms with van der Waals surface area (Å²) in [4.78, 5) is 24.3. The summed E-state index contributed by atoms with van der Waals surface area (Å²) in [5, 5.41) is 8.97. The third kappa shape index (κ3) is 2.29. The lowest BCUT2D eigenvalue weighted by Gasteiger charge is -2.18. The van der Waals surface area contributed by atoms with E-state index in [4.69, 9.17) is 15.3 Å². The standard InChI is InChI=1S/C10H12N2O4S/c11-3-6-1-2-8(16-6)9(13)12-5-17-4-7(12)10(14)15/h1-2,7H,3-5,11H2,(H,14,15). The average molecular weight is 256 g/mol. The van der Waals surface area contributed by atoms with Crippen LogP contribution >= 0.6 is 11.8 Å². The minimum Gasteiger partial charge on any atom is -0.480 e. The Morgan fingerprint density at radius 3 is 2.94 bits per heavy atom. The number of thioether (sulfide) groups is 1. The Hall–Kier alpha value is -1.47. The van der Waals surface area contributed by atoms with Gasteiger partial charge in [0.2, 0.25) is 0 Å². The zero-order chi connectivity index (χ0) is 12.4. The summed E-state index contributed by atoms with van der Waals surface area (Å²) >= 11 is 1.41. The number of furan rings is 1. The molecule has 1 saturated heterocycles. The molecule has 1 unspecified atom stereocenters. The van der Waals surface area contributed by atoms with Gasteiger partial charge in [-0.3, -0.25) is 4.79 Å². The molecule has 7 heteroatoms. The molecule has 1 aliphatic heterocycles. The highest BCUT2D eigenvalue weighted by molar-refractivity contribution is 7.99. The van der Waals surface area contributed by atoms with Crippen LogP contribution < -0.4 is 5.73 Å². The molecule has 0 aromatic carbocycles. The predicted octanol–water partition coefficient (Wildman–Crippen LogP) is 0.338. The fourth-order valence-corrected chi connectivity index (χ4v) is 2.74. The number of nitrogens with two attached hydrogens (primary N) is 1. The van der Waals surface area contributed by atoms with Crippen LogP contribution in [-0.4, -0.2) is 39.6 Å². The van der Waals surface area contributed by atoms with Gasteiger partial charge in [-0.25, -0.2) is 4.79 Å². The van der Waals surface area contributed by atoms with Crippen molar-refractivity contribution in [2.24, 2.45) is 5.73 Å². The van der Waals surface area contributed by atoms with E-state index in [1.165, 1.54) is 22.7 Å². The molecular weight excluding hydrogens is 244 g/mol. The van der Waals surface area contributed by atoms with Gasteiger partial charge in [0.1, 0.15) is 11.8 Å². The topological polar surface area (TPSA) is 96.8 Å². The van der Waals surface area contributed by atoms with Crippen LogP contribution in [0.4, 0.5) is 0 Å². The normalized spacial score (nSPS) is 19.6. The number of rotatable bonds is 3. The Labute approximate surface area is 102 Å². The molecule has 0 aliphatic carbocycles. The first-order valence-corrected chi connectivity index (χ1v) is 6.19. The van der Waals surface area contributed by atoms with Crippen LogP contribution in [0.3, 0.4) is 0 Å². The summed E-state index contributed by atoms with van der Waals surface area (Å²) < 4.78 is 5.22. The molecule has 2 rings (SSSR count). The Kier molecular flexibility index (Phi) is 3.39. The maximum Gasteiger partial charge on any atom is 0.327 e. The van der Waals surface area contributed by atoms with Crippen molar-refractivity contribution in [3.8, 4) is 0 Å². The van der Waals surface area contributed by atoms with Gasteiger partial charge in [-0.2, -0.15) is 0 Å². The van der Waals surface area contributed by atoms with Crippen LogP contribution in [0.25, 0.3) is 0 Å². The maximum absolute atomic E-state index is 12.0. The van der Waals surface area contributed by atoms with Crippen molar-refractivity contribution in [1.82, 2.24) is 4.90 Å². The molecule has 92 valence electrons. The fourth-order valence-electron chi connectivity index (χ4n) is 1.59. The Morgan fingerprint density at radius 1 is 1.59 bits per heavy atom. The lowest BCUT2D eigenvalue weighted by Crippen LogP contribution is -2.41. The van der Waals surface area contributed by atoms with E-state index in [0.717, 1.165) is 0 Å². The zero-order valence-electron chi connectivity index (χ0n) is 8.96. The summed E-state index contributed by atoms with van der Waals surface area (Å²) in [7, 11) is 0. The third-order valence-electron chi connectivity index (χ3n) is 2.50. The highest BCUT2D eigenvalue weighted by atomic mass is 32.2. The monoisotopic (exact) mass is 256 g/mol. The van der Waals surface area contributed by atoms with Gasteiger partial charge in [0.05, 0.1) is 12.4 Å². The minimum absolute atomic E-state index is 0.138. The van der Waals surface area contributed by atoms with E-state index in [9.17, 15) is 9.59 Å². The van der Waals surface area contributed by atoms with Crippen molar-refractivity contribution in [3.63, 3.8) is 0 Å². The molecule has 0 bridgehead atoms. The highest BCUT2D eigenvalue weighted by Gasteiger charge is 2.36. The SMILES string of the molecule is NCc1ccc(C(=O)N2CSCC2C(=O)O)o1. The second-order valence-electron chi connectivity index (χ2n) is 3.60. The first-order valence-electron chi connectivity index (χ1n) is 5.03. The number of amides is 1. The fraction of sp³-hybridized carbons (Fsp3) is 0.400. The van der Waals surface area contributed by atoms with Crippen LogP contribution in [0.1, 0.15) is 16.3 Å². The summed E-state index contributed by atoms with van der Waals surface area (Å²) in [5.74, 6) is 0.0299. The molecular formula is C10H12N2O4S. The molecule has 1 atom stereocenters. The number of hydrogen-bond acceptors (Lipinski definition) is 5. The van der Waals surface area contributed by atoms with Crippen LogP contribution in [0.2, 0.25) is 0 Å². The molecule has 3 N–H and O–H groups in total. The molecule has 1 aromatic rings. The molecule has 1 amide bonds. The van der Waals surface area contributed by atoms with Crippen molar-refractivity contribution < 1.29 is 19.1 Å². The second-order valence-corrected chi connectivity index (χ2v) is 4.60. The number of aliphatic carboxylic acids is 1. The Bertz CT molecular complexity index is 445. The Morgan fingerprint density at radius 2 is 2.35 bits per heavy atom. The van der Waals surface area contributed by atoms with Gasteiger partial charge >= 0.3 is 5.97 Å². The van der Waals surface area contributed by atoms with E-state index in [-0.39, 0.29) is 12.3 Å². The van der Waals surface area contributed by atoms with E-state index in [1.807, 2.05) is 0 Å². The largest absolute Gasteiger partial charge is 0.480 e. The third-order valence-corrected chi connectivity index (χ3v) is 3.51. The smallest absolute Gasteiger partial charge is 0.327 e. The predicted molar refractivity (Wildman–Crippen MR) is 61.5 cm³/mol. The average Bonchev–Trinajstić information content (AvgIpc) is 2.97. The molecule has 1 aliphatic rings. The lowest BCUT2D eigenvalue weighted by atomic mass is 10.3. The second kappa shape index (κ2) is 4.80. The number of carbonyl (C=O) groups is 2. The number of carbonyl (C=O) groups excluding carboxylic acids is 1. The summed E-state index contributed by atoms with van der Waals surface area (Å²) in [6, 6.07) is 2.36. The van der Waals surface area contributed by atoms with Crippen LogP contribution in [0.15, 0.2) is 16.5 Å². The van der Waals surface area contributed by atoms with Crippen molar-refractivity contribution in [3.05, 3.63) is 23.7 Å². The molecule has 2 heterocycles. The van der Waals surface area contributed by atoms with Gasteiger partial charge in [0.25, 0.3) is 5.91 Å². The first-order chi connectivity index (χ1) is 8.13. The molecule has 17 heavy (non-hydrogen) atoms. The van der Waals surface area contributed by atoms with Gasteiger partial charge in [0.15, 0.2) is 5.76 Å². The van der Waals surface area contributed by atoms with Gasteiger partial charge in [-0.1, -0.05) is 0 Å². The van der Waals surface area contributed by atoms with Crippen LogP contribution in [0, 0.1) is 0 Å². The van der Waals surface area contributed by atoms with Crippen molar-refractivity contribution in [2.45, 2.75) is 12.6 Å². The van der Waals surface area contributed by atoms with Crippen LogP contribution in [-0.2, 0) is 11.3 Å². The first kappa shape index (κ1) is 12.0. The summed E-state index contributed by atoms with van der Waals surface area (Å²) in [5.41, 5.74) is 5.38. The minimum atomic E-state index is -0.992. The van der Waals surface area contributed by atoms with E-state index in [1.54, 1.807) is 6.07 Å². The molecule has 0 radical (unpaired) electrons. The van der Waals surface area contributed by atoms with E-state index in [0.29, 0.717) is 17.4 Å². The van der Waals surface area contributed by atoms with Crippen molar-refractivity contribution in [1.29, 1.82) is 0 Å². The van der Waals surface area contributed by atoms with Gasteiger partial charge in [-0.05, 0) is 12.1 Å². The molecule has 6 nitrogen and oxygen atoms in total. The maximum atomic E-state index is 12.0. The number of carboxylic acids is 1. The van der Waals surface area contributed by atoms with Gasteiger partial charge in [-0.15, -0.1) is 11.8 Å². The summed E-state index contributed by atoms with van der Waals surface area (Å²) in [6.45, 7) is 0.213. The number of nitrogens with zero attached hydrogens (tertiary/aromatic N) is 1.